The SMILES string of the molecule is CC(=O)N(C)CC1CCCN(c2cc(Cl)cc3[nH]ncc23)C1.CC(=O)N(C)CC1CCN(c2cc(Cl)cc3[nH]ncc23)CC1.CC(=O)NCC1CCCN(c2cc(Cl)cc3[nH]ncc23)C1.CN(CC1CCCN(c2cc(Cl)cc3[nH]ncc23)C1)S(C)(=O)=O.CS(=O)(=O)NCC1CCCN(c2cc(Cl)cc3[nH]ncc23)C1. The Morgan fingerprint density at radius 1 is 0.409 bits per heavy atom. The van der Waals surface area contributed by atoms with Crippen molar-refractivity contribution in [2.45, 2.75) is 85.0 Å². The third-order valence-corrected chi connectivity index (χ3v) is 24.5. The lowest BCUT2D eigenvalue weighted by Crippen LogP contribution is -2.41. The zero-order valence-corrected chi connectivity index (χ0v) is 69.0. The second kappa shape index (κ2) is 37.6. The van der Waals surface area contributed by atoms with Crippen molar-refractivity contribution >= 4 is 179 Å². The minimum absolute atomic E-state index is 0.0344. The highest BCUT2D eigenvalue weighted by atomic mass is 35.5. The van der Waals surface area contributed by atoms with E-state index in [1.807, 2.05) is 104 Å². The fraction of sp³-hybridized carbons (Fsp3) is 0.500. The van der Waals surface area contributed by atoms with Gasteiger partial charge in [0.05, 0.1) is 71.1 Å². The van der Waals surface area contributed by atoms with Gasteiger partial charge >= 0.3 is 0 Å². The molecule has 10 aromatic rings. The number of rotatable bonds is 17. The quantitative estimate of drug-likeness (QED) is 0.0445. The molecular weight excluding hydrogens is 1550 g/mol. The van der Waals surface area contributed by atoms with Crippen LogP contribution in [0.25, 0.3) is 54.5 Å². The highest BCUT2D eigenvalue weighted by molar-refractivity contribution is 7.88. The van der Waals surface area contributed by atoms with Crippen molar-refractivity contribution < 1.29 is 31.2 Å². The Labute approximate surface area is 668 Å². The lowest BCUT2D eigenvalue weighted by atomic mass is 9.95. The first kappa shape index (κ1) is 83.1. The second-order valence-electron chi connectivity index (χ2n) is 29.9. The largest absolute Gasteiger partial charge is 0.371 e. The molecule has 5 fully saturated rings. The van der Waals surface area contributed by atoms with Crippen LogP contribution in [0.4, 0.5) is 28.4 Å². The van der Waals surface area contributed by atoms with Crippen molar-refractivity contribution in [3.05, 3.63) is 117 Å². The first-order valence-electron chi connectivity index (χ1n) is 37.4. The van der Waals surface area contributed by atoms with Crippen molar-refractivity contribution in [2.24, 2.45) is 29.6 Å². The van der Waals surface area contributed by atoms with Gasteiger partial charge in [-0.05, 0) is 154 Å². The number of aromatic amines is 5. The van der Waals surface area contributed by atoms with E-state index < -0.39 is 20.0 Å². The molecule has 5 aliphatic heterocycles. The van der Waals surface area contributed by atoms with E-state index in [4.69, 9.17) is 58.0 Å². The molecule has 3 amide bonds. The summed E-state index contributed by atoms with van der Waals surface area (Å²) in [6.45, 7) is 17.6. The van der Waals surface area contributed by atoms with Gasteiger partial charge in [0.1, 0.15) is 0 Å². The summed E-state index contributed by atoms with van der Waals surface area (Å²) in [5, 5.41) is 47.2. The zero-order valence-electron chi connectivity index (χ0n) is 63.6. The van der Waals surface area contributed by atoms with Gasteiger partial charge < -0.3 is 39.6 Å². The Balaban J connectivity index is 0.000000136. The molecule has 7 N–H and O–H groups in total. The summed E-state index contributed by atoms with van der Waals surface area (Å²) in [4.78, 5) is 49.1. The standard InChI is InChI=1S/2C16H21ClN4O.C15H21ClN4O2S.C15H19ClN4O.C14H19ClN4O2S/c1-11(22)20(2)10-12-3-5-21(6-4-12)16-8-13(17)7-15-14(16)9-18-19-15;1-11(22)20(2)9-12-4-3-5-21(10-12)16-7-13(17)6-15-14(16)8-18-19-15;1-19(23(2,21)22)9-11-4-3-5-20(10-11)15-7-12(16)6-14-13(15)8-17-18-14;1-10(21)17-7-11-3-2-4-20(9-11)15-6-12(16)5-14-13(15)8-18-19-14;1-22(20,21)17-7-10-3-2-4-19(9-10)14-6-11(15)5-13-12(14)8-16-18-13/h7-9,12H,3-6,10H2,1-2H3,(H,18,19);6-8,12H,3-5,9-10H2,1-2H3,(H,18,19);6-8,11H,3-5,9-10H2,1-2H3,(H,17,18);5-6,8,11H,2-4,7,9H2,1H3,(H,17,21)(H,18,19);5-6,8,10,17H,2-4,7,9H2,1H3,(H,16,18). The van der Waals surface area contributed by atoms with Gasteiger partial charge in [-0.1, -0.05) is 58.0 Å². The number of amides is 3. The van der Waals surface area contributed by atoms with E-state index in [0.29, 0.717) is 57.7 Å². The number of benzene rings is 5. The number of piperidine rings is 5. The summed E-state index contributed by atoms with van der Waals surface area (Å²) in [5.41, 5.74) is 10.3. The fourth-order valence-electron chi connectivity index (χ4n) is 15.5. The molecule has 15 rings (SSSR count). The number of halogens is 5. The number of carbonyl (C=O) groups is 3. The van der Waals surface area contributed by atoms with Crippen molar-refractivity contribution in [3.8, 4) is 0 Å². The molecule has 4 atom stereocenters. The smallest absolute Gasteiger partial charge is 0.219 e. The van der Waals surface area contributed by atoms with E-state index in [2.05, 4.69) is 85.5 Å². The van der Waals surface area contributed by atoms with Crippen LogP contribution in [-0.2, 0) is 34.4 Å². The summed E-state index contributed by atoms with van der Waals surface area (Å²) in [7, 11) is -0.894. The second-order valence-corrected chi connectivity index (χ2v) is 36.0. The zero-order chi connectivity index (χ0) is 78.6. The number of hydrogen-bond acceptors (Lipinski definition) is 17. The number of carbonyl (C=O) groups excluding carboxylic acids is 3. The van der Waals surface area contributed by atoms with Crippen LogP contribution in [0, 0.1) is 29.6 Å². The topological polar surface area (TPSA) is 313 Å². The molecule has 110 heavy (non-hydrogen) atoms. The number of aromatic nitrogens is 10. The Hall–Kier alpha value is -7.87. The van der Waals surface area contributed by atoms with E-state index in [1.165, 1.54) is 16.8 Å². The van der Waals surface area contributed by atoms with Gasteiger partial charge in [-0.15, -0.1) is 0 Å². The number of hydrogen-bond donors (Lipinski definition) is 7. The number of nitrogens with one attached hydrogen (secondary N) is 7. The number of nitrogens with zero attached hydrogens (tertiary/aromatic N) is 13. The molecule has 10 heterocycles. The van der Waals surface area contributed by atoms with Gasteiger partial charge in [0.2, 0.25) is 37.8 Å². The average Bonchev–Trinajstić information content (AvgIpc) is 1.57. The molecular formula is C76H101Cl5N20O7S2. The molecule has 5 saturated heterocycles. The highest BCUT2D eigenvalue weighted by Gasteiger charge is 2.30. The Bertz CT molecular complexity index is 5030. The van der Waals surface area contributed by atoms with E-state index in [-0.39, 0.29) is 17.7 Å². The molecule has 34 heteroatoms. The minimum Gasteiger partial charge on any atom is -0.371 e. The monoisotopic (exact) mass is 1640 g/mol. The number of fused-ring (bicyclic) bond motifs is 5. The molecule has 594 valence electrons. The fourth-order valence-corrected chi connectivity index (χ4v) is 17.6. The Morgan fingerprint density at radius 2 is 0.700 bits per heavy atom. The molecule has 0 bridgehead atoms. The summed E-state index contributed by atoms with van der Waals surface area (Å²) in [6, 6.07) is 19.4. The third kappa shape index (κ3) is 22.5. The summed E-state index contributed by atoms with van der Waals surface area (Å²) in [5.74, 6) is 2.44. The van der Waals surface area contributed by atoms with Crippen molar-refractivity contribution in [1.29, 1.82) is 0 Å². The molecule has 0 radical (unpaired) electrons. The van der Waals surface area contributed by atoms with Gasteiger partial charge in [-0.25, -0.2) is 25.9 Å². The van der Waals surface area contributed by atoms with Crippen LogP contribution >= 0.6 is 58.0 Å². The van der Waals surface area contributed by atoms with E-state index in [1.54, 1.807) is 38.9 Å². The summed E-state index contributed by atoms with van der Waals surface area (Å²) >= 11 is 31.1. The first-order valence-corrected chi connectivity index (χ1v) is 43.0. The molecule has 5 aliphatic rings. The maximum Gasteiger partial charge on any atom is 0.219 e. The van der Waals surface area contributed by atoms with Crippen LogP contribution in [0.2, 0.25) is 25.1 Å². The van der Waals surface area contributed by atoms with E-state index >= 15 is 0 Å². The number of H-pyrrole nitrogens is 5. The number of sulfonamides is 2. The predicted molar refractivity (Wildman–Crippen MR) is 446 cm³/mol. The van der Waals surface area contributed by atoms with Gasteiger partial charge in [0.15, 0.2) is 0 Å². The van der Waals surface area contributed by atoms with Crippen LogP contribution in [0.5, 0.6) is 0 Å². The van der Waals surface area contributed by atoms with Gasteiger partial charge in [0, 0.05) is 221 Å². The van der Waals surface area contributed by atoms with E-state index in [0.717, 1.165) is 242 Å². The van der Waals surface area contributed by atoms with Crippen LogP contribution in [0.15, 0.2) is 91.6 Å². The van der Waals surface area contributed by atoms with Crippen molar-refractivity contribution in [3.63, 3.8) is 0 Å². The summed E-state index contributed by atoms with van der Waals surface area (Å²) < 4.78 is 49.8. The molecule has 0 spiro atoms. The van der Waals surface area contributed by atoms with Crippen molar-refractivity contribution in [2.75, 3.05) is 156 Å². The van der Waals surface area contributed by atoms with Gasteiger partial charge in [-0.2, -0.15) is 25.5 Å². The highest BCUT2D eigenvalue weighted by Crippen LogP contribution is 2.39. The minimum atomic E-state index is -3.14. The Morgan fingerprint density at radius 3 is 1.01 bits per heavy atom. The van der Waals surface area contributed by atoms with Crippen LogP contribution in [-0.4, -0.2) is 231 Å². The maximum absolute atomic E-state index is 11.6. The predicted octanol–water partition coefficient (Wildman–Crippen LogP) is 12.7. The Kier molecular flexibility index (Phi) is 28.4. The normalized spacial score (nSPS) is 18.7. The molecule has 0 aliphatic carbocycles. The molecule has 5 aromatic carbocycles. The third-order valence-electron chi connectivity index (χ3n) is 21.4. The molecule has 27 nitrogen and oxygen atoms in total. The van der Waals surface area contributed by atoms with Crippen molar-refractivity contribution in [1.82, 2.24) is 75.1 Å². The van der Waals surface area contributed by atoms with Crippen LogP contribution in [0.3, 0.4) is 0 Å². The lowest BCUT2D eigenvalue weighted by Gasteiger charge is -2.36. The molecule has 5 aromatic heterocycles. The van der Waals surface area contributed by atoms with Gasteiger partial charge in [-0.3, -0.25) is 39.9 Å². The van der Waals surface area contributed by atoms with Crippen LogP contribution < -0.4 is 34.5 Å². The van der Waals surface area contributed by atoms with Crippen LogP contribution in [0.1, 0.15) is 85.0 Å². The molecule has 0 saturated carbocycles. The van der Waals surface area contributed by atoms with Gasteiger partial charge in [0.25, 0.3) is 0 Å². The first-order chi connectivity index (χ1) is 52.5. The van der Waals surface area contributed by atoms with E-state index in [9.17, 15) is 31.2 Å². The molecule has 4 unspecified atom stereocenters. The number of anilines is 5. The lowest BCUT2D eigenvalue weighted by molar-refractivity contribution is -0.128. The maximum atomic E-state index is 11.6. The average molecular weight is 1650 g/mol. The summed E-state index contributed by atoms with van der Waals surface area (Å²) in [6.07, 6.45) is 22.5.